The van der Waals surface area contributed by atoms with Crippen LogP contribution in [0.3, 0.4) is 0 Å². The monoisotopic (exact) mass is 292 g/mol. The Labute approximate surface area is 123 Å². The molecule has 0 atom stereocenters. The SMILES string of the molecule is CCNc1cc(C2CCCC2)nc2c(Cl)ccc(F)c12. The molecule has 20 heavy (non-hydrogen) atoms. The topological polar surface area (TPSA) is 24.9 Å². The highest BCUT2D eigenvalue weighted by Gasteiger charge is 2.21. The van der Waals surface area contributed by atoms with Crippen molar-refractivity contribution < 1.29 is 4.39 Å². The van der Waals surface area contributed by atoms with E-state index in [4.69, 9.17) is 11.6 Å². The number of hydrogen-bond acceptors (Lipinski definition) is 2. The highest BCUT2D eigenvalue weighted by Crippen LogP contribution is 2.38. The summed E-state index contributed by atoms with van der Waals surface area (Å²) in [6, 6.07) is 4.99. The summed E-state index contributed by atoms with van der Waals surface area (Å²) in [7, 11) is 0. The maximum atomic E-state index is 14.1. The fourth-order valence-electron chi connectivity index (χ4n) is 3.05. The largest absolute Gasteiger partial charge is 0.385 e. The molecule has 0 saturated heterocycles. The van der Waals surface area contributed by atoms with E-state index in [1.54, 1.807) is 6.07 Å². The molecule has 0 bridgehead atoms. The lowest BCUT2D eigenvalue weighted by Gasteiger charge is -2.15. The van der Waals surface area contributed by atoms with Gasteiger partial charge in [-0.3, -0.25) is 4.98 Å². The first kappa shape index (κ1) is 13.6. The summed E-state index contributed by atoms with van der Waals surface area (Å²) < 4.78 is 14.1. The van der Waals surface area contributed by atoms with E-state index in [1.165, 1.54) is 18.9 Å². The summed E-state index contributed by atoms with van der Waals surface area (Å²) in [6.45, 7) is 2.75. The van der Waals surface area contributed by atoms with Gasteiger partial charge in [-0.15, -0.1) is 0 Å². The standard InChI is InChI=1S/C16H18ClFN2/c1-2-19-14-9-13(10-5-3-4-6-10)20-16-11(17)7-8-12(18)15(14)16/h7-10H,2-6H2,1H3,(H,19,20). The lowest BCUT2D eigenvalue weighted by molar-refractivity contribution is 0.639. The second kappa shape index (κ2) is 5.57. The molecule has 2 aromatic rings. The number of anilines is 1. The van der Waals surface area contributed by atoms with Crippen LogP contribution in [-0.4, -0.2) is 11.5 Å². The van der Waals surface area contributed by atoms with Gasteiger partial charge >= 0.3 is 0 Å². The van der Waals surface area contributed by atoms with E-state index in [9.17, 15) is 4.39 Å². The summed E-state index contributed by atoms with van der Waals surface area (Å²) in [5.74, 6) is 0.210. The molecule has 1 fully saturated rings. The summed E-state index contributed by atoms with van der Waals surface area (Å²) in [6.07, 6.45) is 4.82. The molecule has 2 nitrogen and oxygen atoms in total. The van der Waals surface area contributed by atoms with Crippen molar-refractivity contribution in [2.24, 2.45) is 0 Å². The van der Waals surface area contributed by atoms with Gasteiger partial charge in [0.15, 0.2) is 0 Å². The van der Waals surface area contributed by atoms with Gasteiger partial charge in [-0.2, -0.15) is 0 Å². The Morgan fingerprint density at radius 2 is 2.10 bits per heavy atom. The van der Waals surface area contributed by atoms with Gasteiger partial charge < -0.3 is 5.32 Å². The Morgan fingerprint density at radius 1 is 1.35 bits per heavy atom. The summed E-state index contributed by atoms with van der Waals surface area (Å²) in [5.41, 5.74) is 2.42. The van der Waals surface area contributed by atoms with Gasteiger partial charge in [-0.05, 0) is 38.0 Å². The molecule has 3 rings (SSSR count). The summed E-state index contributed by atoms with van der Waals surface area (Å²) in [5, 5.41) is 4.26. The lowest BCUT2D eigenvalue weighted by Crippen LogP contribution is -2.04. The first-order valence-electron chi connectivity index (χ1n) is 7.23. The Bertz CT molecular complexity index is 636. The highest BCUT2D eigenvalue weighted by molar-refractivity contribution is 6.35. The lowest BCUT2D eigenvalue weighted by atomic mass is 10.0. The molecule has 1 aliphatic carbocycles. The average Bonchev–Trinajstić information content (AvgIpc) is 2.97. The van der Waals surface area contributed by atoms with Crippen LogP contribution >= 0.6 is 11.6 Å². The smallest absolute Gasteiger partial charge is 0.134 e. The Balaban J connectivity index is 2.21. The quantitative estimate of drug-likeness (QED) is 0.849. The van der Waals surface area contributed by atoms with Crippen LogP contribution in [0.5, 0.6) is 0 Å². The molecule has 0 amide bonds. The van der Waals surface area contributed by atoms with Crippen molar-refractivity contribution in [2.75, 3.05) is 11.9 Å². The molecular formula is C16H18ClFN2. The van der Waals surface area contributed by atoms with Crippen LogP contribution in [0.15, 0.2) is 18.2 Å². The third-order valence-corrected chi connectivity index (χ3v) is 4.33. The van der Waals surface area contributed by atoms with Crippen molar-refractivity contribution in [1.82, 2.24) is 4.98 Å². The van der Waals surface area contributed by atoms with Gasteiger partial charge in [0.2, 0.25) is 0 Å². The first-order valence-corrected chi connectivity index (χ1v) is 7.61. The second-order valence-electron chi connectivity index (χ2n) is 5.36. The number of benzene rings is 1. The fourth-order valence-corrected chi connectivity index (χ4v) is 3.25. The van der Waals surface area contributed by atoms with Crippen molar-refractivity contribution in [2.45, 2.75) is 38.5 Å². The van der Waals surface area contributed by atoms with Crippen LogP contribution in [0.2, 0.25) is 5.02 Å². The van der Waals surface area contributed by atoms with Gasteiger partial charge in [0.05, 0.1) is 15.9 Å². The molecule has 1 aliphatic rings. The van der Waals surface area contributed by atoms with Crippen LogP contribution in [0.25, 0.3) is 10.9 Å². The van der Waals surface area contributed by atoms with Crippen molar-refractivity contribution in [3.63, 3.8) is 0 Å². The van der Waals surface area contributed by atoms with Gasteiger partial charge in [0, 0.05) is 23.8 Å². The van der Waals surface area contributed by atoms with Gasteiger partial charge in [-0.25, -0.2) is 4.39 Å². The molecule has 0 spiro atoms. The zero-order chi connectivity index (χ0) is 14.1. The maximum Gasteiger partial charge on any atom is 0.134 e. The molecule has 1 aromatic heterocycles. The number of nitrogens with zero attached hydrogens (tertiary/aromatic N) is 1. The van der Waals surface area contributed by atoms with E-state index in [0.29, 0.717) is 21.8 Å². The molecule has 0 aliphatic heterocycles. The molecule has 1 heterocycles. The molecular weight excluding hydrogens is 275 g/mol. The second-order valence-corrected chi connectivity index (χ2v) is 5.77. The number of halogens is 2. The van der Waals surface area contributed by atoms with E-state index >= 15 is 0 Å². The number of rotatable bonds is 3. The minimum Gasteiger partial charge on any atom is -0.385 e. The van der Waals surface area contributed by atoms with Crippen LogP contribution in [0.4, 0.5) is 10.1 Å². The van der Waals surface area contributed by atoms with Gasteiger partial charge in [-0.1, -0.05) is 24.4 Å². The normalized spacial score (nSPS) is 15.9. The Morgan fingerprint density at radius 3 is 2.80 bits per heavy atom. The van der Waals surface area contributed by atoms with Crippen LogP contribution in [0.1, 0.15) is 44.2 Å². The third-order valence-electron chi connectivity index (χ3n) is 4.02. The summed E-state index contributed by atoms with van der Waals surface area (Å²) >= 11 is 6.22. The average molecular weight is 293 g/mol. The number of fused-ring (bicyclic) bond motifs is 1. The zero-order valence-corrected chi connectivity index (χ0v) is 12.3. The van der Waals surface area contributed by atoms with Crippen LogP contribution in [0, 0.1) is 5.82 Å². The van der Waals surface area contributed by atoms with Crippen molar-refractivity contribution in [1.29, 1.82) is 0 Å². The minimum absolute atomic E-state index is 0.272. The number of hydrogen-bond donors (Lipinski definition) is 1. The Hall–Kier alpha value is -1.35. The van der Waals surface area contributed by atoms with E-state index in [-0.39, 0.29) is 5.82 Å². The molecule has 106 valence electrons. The van der Waals surface area contributed by atoms with Gasteiger partial charge in [0.1, 0.15) is 5.82 Å². The highest BCUT2D eigenvalue weighted by atomic mass is 35.5. The maximum absolute atomic E-state index is 14.1. The van der Waals surface area contributed by atoms with Crippen molar-refractivity contribution in [3.05, 3.63) is 34.7 Å². The number of aromatic nitrogens is 1. The van der Waals surface area contributed by atoms with E-state index in [1.807, 2.05) is 13.0 Å². The van der Waals surface area contributed by atoms with Crippen molar-refractivity contribution in [3.8, 4) is 0 Å². The van der Waals surface area contributed by atoms with E-state index < -0.39 is 0 Å². The first-order chi connectivity index (χ1) is 9.70. The minimum atomic E-state index is -0.272. The fraction of sp³-hybridized carbons (Fsp3) is 0.438. The molecule has 4 heteroatoms. The third kappa shape index (κ3) is 2.35. The summed E-state index contributed by atoms with van der Waals surface area (Å²) in [4.78, 5) is 4.65. The Kier molecular flexibility index (Phi) is 3.79. The number of nitrogens with one attached hydrogen (secondary N) is 1. The molecule has 1 aromatic carbocycles. The predicted octanol–water partition coefficient (Wildman–Crippen LogP) is 5.12. The van der Waals surface area contributed by atoms with Crippen LogP contribution < -0.4 is 5.32 Å². The number of pyridine rings is 1. The van der Waals surface area contributed by atoms with E-state index in [0.717, 1.165) is 30.8 Å². The van der Waals surface area contributed by atoms with Crippen LogP contribution in [-0.2, 0) is 0 Å². The molecule has 0 unspecified atom stereocenters. The zero-order valence-electron chi connectivity index (χ0n) is 11.5. The van der Waals surface area contributed by atoms with Crippen molar-refractivity contribution >= 4 is 28.2 Å². The molecule has 1 saturated carbocycles. The molecule has 0 radical (unpaired) electrons. The predicted molar refractivity (Wildman–Crippen MR) is 82.1 cm³/mol. The van der Waals surface area contributed by atoms with E-state index in [2.05, 4.69) is 10.3 Å². The van der Waals surface area contributed by atoms with Gasteiger partial charge in [0.25, 0.3) is 0 Å². The molecule has 1 N–H and O–H groups in total.